The van der Waals surface area contributed by atoms with Crippen LogP contribution in [0.4, 0.5) is 8.78 Å². The summed E-state index contributed by atoms with van der Waals surface area (Å²) in [6.45, 7) is 2.86. The molecule has 1 fully saturated rings. The van der Waals surface area contributed by atoms with Crippen molar-refractivity contribution >= 4 is 0 Å². The first-order valence-electron chi connectivity index (χ1n) is 7.83. The zero-order valence-electron chi connectivity index (χ0n) is 12.9. The Hall–Kier alpha value is -1.00. The van der Waals surface area contributed by atoms with Gasteiger partial charge >= 0.3 is 0 Å². The van der Waals surface area contributed by atoms with Gasteiger partial charge in [0.25, 0.3) is 0 Å². The zero-order chi connectivity index (χ0) is 15.3. The van der Waals surface area contributed by atoms with E-state index < -0.39 is 11.6 Å². The minimum absolute atomic E-state index is 0.0778. The number of hydrogen-bond donors (Lipinski definition) is 1. The van der Waals surface area contributed by atoms with Crippen LogP contribution in [0.15, 0.2) is 18.2 Å². The summed E-state index contributed by atoms with van der Waals surface area (Å²) in [7, 11) is 1.75. The van der Waals surface area contributed by atoms with Crippen molar-refractivity contribution in [2.24, 2.45) is 0 Å². The molecule has 2 rings (SSSR count). The lowest BCUT2D eigenvalue weighted by atomic mass is 9.77. The van der Waals surface area contributed by atoms with Crippen LogP contribution in [0, 0.1) is 11.6 Å². The van der Waals surface area contributed by atoms with E-state index in [0.29, 0.717) is 12.0 Å². The summed E-state index contributed by atoms with van der Waals surface area (Å²) in [5, 5.41) is 3.46. The minimum atomic E-state index is -0.518. The number of hydrogen-bond acceptors (Lipinski definition) is 2. The molecule has 0 saturated heterocycles. The van der Waals surface area contributed by atoms with Crippen LogP contribution in [0.2, 0.25) is 0 Å². The Labute approximate surface area is 125 Å². The number of rotatable bonds is 6. The summed E-state index contributed by atoms with van der Waals surface area (Å²) in [5.74, 6) is -1.04. The van der Waals surface area contributed by atoms with Crippen molar-refractivity contribution < 1.29 is 13.5 Å². The van der Waals surface area contributed by atoms with Gasteiger partial charge in [0, 0.05) is 19.2 Å². The molecule has 1 aromatic carbocycles. The molecular weight excluding hydrogens is 272 g/mol. The predicted octanol–water partition coefficient (Wildman–Crippen LogP) is 3.83. The number of likely N-dealkylation sites (N-methyl/N-ethyl adjacent to an activating group) is 1. The Kier molecular flexibility index (Phi) is 5.71. The van der Waals surface area contributed by atoms with E-state index in [1.54, 1.807) is 7.11 Å². The van der Waals surface area contributed by atoms with Crippen LogP contribution in [0.5, 0.6) is 0 Å². The topological polar surface area (TPSA) is 21.3 Å². The van der Waals surface area contributed by atoms with E-state index in [0.717, 1.165) is 38.3 Å². The summed E-state index contributed by atoms with van der Waals surface area (Å²) >= 11 is 0. The van der Waals surface area contributed by atoms with E-state index >= 15 is 0 Å². The molecular formula is C17H25F2NO. The molecule has 0 radical (unpaired) electrons. The average molecular weight is 297 g/mol. The molecule has 1 saturated carbocycles. The van der Waals surface area contributed by atoms with Crippen molar-refractivity contribution in [2.45, 2.75) is 57.1 Å². The lowest BCUT2D eigenvalue weighted by Gasteiger charge is -2.43. The van der Waals surface area contributed by atoms with Gasteiger partial charge < -0.3 is 10.1 Å². The number of methoxy groups -OCH3 is 1. The molecule has 0 spiro atoms. The Balaban J connectivity index is 2.21. The quantitative estimate of drug-likeness (QED) is 0.861. The van der Waals surface area contributed by atoms with Crippen LogP contribution in [-0.4, -0.2) is 25.3 Å². The van der Waals surface area contributed by atoms with E-state index in [9.17, 15) is 8.78 Å². The largest absolute Gasteiger partial charge is 0.377 e. The Morgan fingerprint density at radius 2 is 1.76 bits per heavy atom. The maximum atomic E-state index is 13.4. The van der Waals surface area contributed by atoms with Crippen LogP contribution in [0.1, 0.15) is 44.6 Å². The molecule has 1 aliphatic carbocycles. The summed E-state index contributed by atoms with van der Waals surface area (Å²) in [6, 6.07) is 3.83. The van der Waals surface area contributed by atoms with E-state index in [4.69, 9.17) is 4.74 Å². The van der Waals surface area contributed by atoms with Crippen molar-refractivity contribution in [2.75, 3.05) is 13.7 Å². The highest BCUT2D eigenvalue weighted by Gasteiger charge is 2.39. The highest BCUT2D eigenvalue weighted by Crippen LogP contribution is 2.35. The maximum absolute atomic E-state index is 13.4. The molecule has 0 heterocycles. The average Bonchev–Trinajstić information content (AvgIpc) is 2.46. The van der Waals surface area contributed by atoms with Crippen molar-refractivity contribution in [3.8, 4) is 0 Å². The molecule has 1 aromatic rings. The van der Waals surface area contributed by atoms with Gasteiger partial charge in [0.15, 0.2) is 0 Å². The van der Waals surface area contributed by atoms with Gasteiger partial charge in [-0.1, -0.05) is 26.2 Å². The molecule has 2 nitrogen and oxygen atoms in total. The SMILES string of the molecule is CCNC(Cc1cc(F)cc(F)c1)C1(OC)CCCCC1. The molecule has 21 heavy (non-hydrogen) atoms. The van der Waals surface area contributed by atoms with Crippen molar-refractivity contribution in [1.29, 1.82) is 0 Å². The summed E-state index contributed by atoms with van der Waals surface area (Å²) in [5.41, 5.74) is 0.456. The second-order valence-corrected chi connectivity index (χ2v) is 5.92. The number of nitrogens with one attached hydrogen (secondary N) is 1. The molecule has 0 bridgehead atoms. The molecule has 0 aromatic heterocycles. The fraction of sp³-hybridized carbons (Fsp3) is 0.647. The van der Waals surface area contributed by atoms with Gasteiger partial charge in [-0.05, 0) is 43.5 Å². The first kappa shape index (κ1) is 16.4. The lowest BCUT2D eigenvalue weighted by Crippen LogP contribution is -2.54. The number of ether oxygens (including phenoxy) is 1. The molecule has 1 aliphatic rings. The van der Waals surface area contributed by atoms with Crippen LogP contribution in [-0.2, 0) is 11.2 Å². The van der Waals surface area contributed by atoms with E-state index in [1.807, 2.05) is 6.92 Å². The Bertz CT molecular complexity index is 438. The Morgan fingerprint density at radius 1 is 1.14 bits per heavy atom. The van der Waals surface area contributed by atoms with Crippen LogP contribution < -0.4 is 5.32 Å². The van der Waals surface area contributed by atoms with Crippen molar-refractivity contribution in [3.05, 3.63) is 35.4 Å². The monoisotopic (exact) mass is 297 g/mol. The third kappa shape index (κ3) is 4.01. The fourth-order valence-electron chi connectivity index (χ4n) is 3.50. The van der Waals surface area contributed by atoms with Crippen LogP contribution in [0.3, 0.4) is 0 Å². The second kappa shape index (κ2) is 7.32. The fourth-order valence-corrected chi connectivity index (χ4v) is 3.50. The van der Waals surface area contributed by atoms with E-state index in [-0.39, 0.29) is 11.6 Å². The summed E-state index contributed by atoms with van der Waals surface area (Å²) < 4.78 is 32.7. The third-order valence-corrected chi connectivity index (χ3v) is 4.55. The normalized spacial score (nSPS) is 19.4. The molecule has 1 N–H and O–H groups in total. The Morgan fingerprint density at radius 3 is 2.29 bits per heavy atom. The highest BCUT2D eigenvalue weighted by molar-refractivity contribution is 5.20. The molecule has 4 heteroatoms. The standard InChI is InChI=1S/C17H25F2NO/c1-3-20-16(17(21-2)7-5-4-6-8-17)11-13-9-14(18)12-15(19)10-13/h9-10,12,16,20H,3-8,11H2,1-2H3. The van der Waals surface area contributed by atoms with Gasteiger partial charge in [-0.3, -0.25) is 0 Å². The van der Waals surface area contributed by atoms with Crippen LogP contribution in [0.25, 0.3) is 0 Å². The maximum Gasteiger partial charge on any atom is 0.126 e. The molecule has 1 atom stereocenters. The number of halogens is 2. The number of benzene rings is 1. The van der Waals surface area contributed by atoms with Crippen LogP contribution >= 0.6 is 0 Å². The zero-order valence-corrected chi connectivity index (χ0v) is 12.9. The van der Waals surface area contributed by atoms with Gasteiger partial charge in [0.05, 0.1) is 5.60 Å². The smallest absolute Gasteiger partial charge is 0.126 e. The molecule has 0 aliphatic heterocycles. The molecule has 0 amide bonds. The van der Waals surface area contributed by atoms with Gasteiger partial charge in [0.2, 0.25) is 0 Å². The van der Waals surface area contributed by atoms with Crippen molar-refractivity contribution in [3.63, 3.8) is 0 Å². The molecule has 118 valence electrons. The first-order valence-corrected chi connectivity index (χ1v) is 7.83. The van der Waals surface area contributed by atoms with Gasteiger partial charge in [-0.2, -0.15) is 0 Å². The minimum Gasteiger partial charge on any atom is -0.377 e. The lowest BCUT2D eigenvalue weighted by molar-refractivity contribution is -0.0670. The first-order chi connectivity index (χ1) is 10.1. The van der Waals surface area contributed by atoms with Crippen molar-refractivity contribution in [1.82, 2.24) is 5.32 Å². The third-order valence-electron chi connectivity index (χ3n) is 4.55. The highest BCUT2D eigenvalue weighted by atomic mass is 19.1. The summed E-state index contributed by atoms with van der Waals surface area (Å²) in [4.78, 5) is 0. The van der Waals surface area contributed by atoms with Gasteiger partial charge in [0.1, 0.15) is 11.6 Å². The van der Waals surface area contributed by atoms with Gasteiger partial charge in [-0.25, -0.2) is 8.78 Å². The van der Waals surface area contributed by atoms with Gasteiger partial charge in [-0.15, -0.1) is 0 Å². The summed E-state index contributed by atoms with van der Waals surface area (Å²) in [6.07, 6.45) is 6.10. The second-order valence-electron chi connectivity index (χ2n) is 5.92. The molecule has 1 unspecified atom stereocenters. The van der Waals surface area contributed by atoms with E-state index in [1.165, 1.54) is 18.6 Å². The predicted molar refractivity (Wildman–Crippen MR) is 80.4 cm³/mol. The van der Waals surface area contributed by atoms with E-state index in [2.05, 4.69) is 5.32 Å².